The summed E-state index contributed by atoms with van der Waals surface area (Å²) in [4.78, 5) is 26.5. The van der Waals surface area contributed by atoms with Crippen molar-refractivity contribution in [2.45, 2.75) is 43.9 Å². The molecule has 5 nitrogen and oxygen atoms in total. The largest absolute Gasteiger partial charge is 0.357 e. The minimum absolute atomic E-state index is 0.00804. The second-order valence-corrected chi connectivity index (χ2v) is 7.58. The molecule has 2 N–H and O–H groups in total. The fourth-order valence-corrected chi connectivity index (χ4v) is 4.76. The third-order valence-electron chi connectivity index (χ3n) is 6.13. The number of aryl methyl sites for hydroxylation is 1. The first-order valence-electron chi connectivity index (χ1n) is 9.69. The number of aromatic amines is 2. The van der Waals surface area contributed by atoms with Crippen molar-refractivity contribution in [1.82, 2.24) is 19.9 Å². The molecule has 1 amide bonds. The Morgan fingerprint density at radius 1 is 1.15 bits per heavy atom. The summed E-state index contributed by atoms with van der Waals surface area (Å²) in [6.07, 6.45) is 8.80. The van der Waals surface area contributed by atoms with Crippen LogP contribution in [0.4, 0.5) is 0 Å². The Hall–Kier alpha value is -2.56. The van der Waals surface area contributed by atoms with E-state index in [2.05, 4.69) is 44.1 Å². The van der Waals surface area contributed by atoms with Gasteiger partial charge in [-0.15, -0.1) is 0 Å². The summed E-state index contributed by atoms with van der Waals surface area (Å²) in [5, 5.41) is 1.29. The fraction of sp³-hybridized carbons (Fsp3) is 0.429. The van der Waals surface area contributed by atoms with Gasteiger partial charge in [0, 0.05) is 48.0 Å². The van der Waals surface area contributed by atoms with E-state index >= 15 is 0 Å². The van der Waals surface area contributed by atoms with E-state index in [0.29, 0.717) is 11.8 Å². The summed E-state index contributed by atoms with van der Waals surface area (Å²) in [6.45, 7) is 1.66. The summed E-state index contributed by atoms with van der Waals surface area (Å²) in [7, 11) is 0. The number of H-pyrrole nitrogens is 2. The Morgan fingerprint density at radius 2 is 2.00 bits per heavy atom. The summed E-state index contributed by atoms with van der Waals surface area (Å²) >= 11 is 0. The lowest BCUT2D eigenvalue weighted by molar-refractivity contribution is -0.134. The SMILES string of the molecule is O=C(C1CCCc2c1[nH]c1ccccc21)N1CCC(c2ncc[nH]2)CC1. The molecule has 2 aliphatic rings. The molecular weight excluding hydrogens is 324 g/mol. The van der Waals surface area contributed by atoms with E-state index in [1.54, 1.807) is 0 Å². The maximum Gasteiger partial charge on any atom is 0.231 e. The average Bonchev–Trinajstić information content (AvgIpc) is 3.35. The molecule has 2 aromatic heterocycles. The van der Waals surface area contributed by atoms with E-state index in [-0.39, 0.29) is 5.92 Å². The van der Waals surface area contributed by atoms with E-state index in [1.807, 2.05) is 12.4 Å². The minimum atomic E-state index is -0.00804. The Morgan fingerprint density at radius 3 is 2.81 bits per heavy atom. The number of carbonyl (C=O) groups excluding carboxylic acids is 1. The lowest BCUT2D eigenvalue weighted by Crippen LogP contribution is -2.41. The molecule has 0 bridgehead atoms. The smallest absolute Gasteiger partial charge is 0.231 e. The normalized spacial score (nSPS) is 21.1. The molecule has 26 heavy (non-hydrogen) atoms. The van der Waals surface area contributed by atoms with Crippen molar-refractivity contribution in [1.29, 1.82) is 0 Å². The second-order valence-electron chi connectivity index (χ2n) is 7.58. The first-order chi connectivity index (χ1) is 12.8. The lowest BCUT2D eigenvalue weighted by atomic mass is 9.85. The van der Waals surface area contributed by atoms with E-state index in [1.165, 1.54) is 10.9 Å². The van der Waals surface area contributed by atoms with Gasteiger partial charge < -0.3 is 14.9 Å². The van der Waals surface area contributed by atoms with Gasteiger partial charge in [-0.25, -0.2) is 4.98 Å². The van der Waals surface area contributed by atoms with Gasteiger partial charge in [-0.3, -0.25) is 4.79 Å². The Balaban J connectivity index is 1.36. The molecule has 1 aliphatic heterocycles. The number of imidazole rings is 1. The molecular formula is C21H24N4O. The van der Waals surface area contributed by atoms with Crippen molar-refractivity contribution in [2.75, 3.05) is 13.1 Å². The molecule has 5 heteroatoms. The fourth-order valence-electron chi connectivity index (χ4n) is 4.76. The molecule has 3 heterocycles. The average molecular weight is 348 g/mol. The van der Waals surface area contributed by atoms with Crippen LogP contribution in [0, 0.1) is 0 Å². The number of nitrogens with zero attached hydrogens (tertiary/aromatic N) is 2. The van der Waals surface area contributed by atoms with Crippen LogP contribution < -0.4 is 0 Å². The summed E-state index contributed by atoms with van der Waals surface area (Å²) < 4.78 is 0. The first kappa shape index (κ1) is 15.7. The van der Waals surface area contributed by atoms with Crippen LogP contribution >= 0.6 is 0 Å². The highest BCUT2D eigenvalue weighted by molar-refractivity contribution is 5.90. The van der Waals surface area contributed by atoms with E-state index in [4.69, 9.17) is 0 Å². The number of fused-ring (bicyclic) bond motifs is 3. The predicted octanol–water partition coefficient (Wildman–Crippen LogP) is 3.72. The summed E-state index contributed by atoms with van der Waals surface area (Å²) in [5.41, 5.74) is 3.68. The highest BCUT2D eigenvalue weighted by Crippen LogP contribution is 2.38. The molecule has 1 unspecified atom stereocenters. The quantitative estimate of drug-likeness (QED) is 0.741. The zero-order chi connectivity index (χ0) is 17.5. The monoisotopic (exact) mass is 348 g/mol. The van der Waals surface area contributed by atoms with Gasteiger partial charge in [0.15, 0.2) is 0 Å². The molecule has 5 rings (SSSR count). The second kappa shape index (κ2) is 6.31. The number of amides is 1. The zero-order valence-corrected chi connectivity index (χ0v) is 14.9. The zero-order valence-electron chi connectivity index (χ0n) is 14.9. The van der Waals surface area contributed by atoms with Crippen LogP contribution in [0.1, 0.15) is 54.6 Å². The highest BCUT2D eigenvalue weighted by atomic mass is 16.2. The third-order valence-corrected chi connectivity index (χ3v) is 6.13. The van der Waals surface area contributed by atoms with Crippen LogP contribution in [0.25, 0.3) is 10.9 Å². The number of benzene rings is 1. The van der Waals surface area contributed by atoms with Crippen molar-refractivity contribution in [3.8, 4) is 0 Å². The molecule has 1 atom stereocenters. The topological polar surface area (TPSA) is 64.8 Å². The number of nitrogens with one attached hydrogen (secondary N) is 2. The number of aromatic nitrogens is 3. The number of hydrogen-bond acceptors (Lipinski definition) is 2. The van der Waals surface area contributed by atoms with Gasteiger partial charge in [0.2, 0.25) is 5.91 Å². The van der Waals surface area contributed by atoms with E-state index in [0.717, 1.165) is 62.2 Å². The predicted molar refractivity (Wildman–Crippen MR) is 101 cm³/mol. The Bertz CT molecular complexity index is 919. The van der Waals surface area contributed by atoms with Gasteiger partial charge in [-0.05, 0) is 43.7 Å². The van der Waals surface area contributed by atoms with Gasteiger partial charge in [0.25, 0.3) is 0 Å². The molecule has 0 radical (unpaired) electrons. The lowest BCUT2D eigenvalue weighted by Gasteiger charge is -2.34. The maximum atomic E-state index is 13.3. The maximum absolute atomic E-state index is 13.3. The first-order valence-corrected chi connectivity index (χ1v) is 9.69. The molecule has 1 aromatic carbocycles. The van der Waals surface area contributed by atoms with Crippen LogP contribution in [-0.4, -0.2) is 38.8 Å². The number of hydrogen-bond donors (Lipinski definition) is 2. The number of piperidine rings is 1. The van der Waals surface area contributed by atoms with Crippen molar-refractivity contribution >= 4 is 16.8 Å². The molecule has 1 fully saturated rings. The van der Waals surface area contributed by atoms with Gasteiger partial charge >= 0.3 is 0 Å². The van der Waals surface area contributed by atoms with Crippen LogP contribution in [-0.2, 0) is 11.2 Å². The van der Waals surface area contributed by atoms with Crippen molar-refractivity contribution in [2.24, 2.45) is 0 Å². The van der Waals surface area contributed by atoms with Crippen LogP contribution in [0.2, 0.25) is 0 Å². The number of rotatable bonds is 2. The van der Waals surface area contributed by atoms with Gasteiger partial charge in [0.1, 0.15) is 5.82 Å². The summed E-state index contributed by atoms with van der Waals surface area (Å²) in [5.74, 6) is 1.80. The van der Waals surface area contributed by atoms with E-state index in [9.17, 15) is 4.79 Å². The van der Waals surface area contributed by atoms with Crippen LogP contribution in [0.3, 0.4) is 0 Å². The Kier molecular flexibility index (Phi) is 3.80. The van der Waals surface area contributed by atoms with Gasteiger partial charge in [0.05, 0.1) is 5.92 Å². The van der Waals surface area contributed by atoms with Crippen LogP contribution in [0.5, 0.6) is 0 Å². The third kappa shape index (κ3) is 2.54. The van der Waals surface area contributed by atoms with Crippen molar-refractivity contribution in [3.63, 3.8) is 0 Å². The minimum Gasteiger partial charge on any atom is -0.357 e. The van der Waals surface area contributed by atoms with E-state index < -0.39 is 0 Å². The molecule has 0 saturated carbocycles. The molecule has 1 aliphatic carbocycles. The number of likely N-dealkylation sites (tertiary alicyclic amines) is 1. The van der Waals surface area contributed by atoms with Gasteiger partial charge in [-0.1, -0.05) is 18.2 Å². The van der Waals surface area contributed by atoms with Gasteiger partial charge in [-0.2, -0.15) is 0 Å². The molecule has 0 spiro atoms. The molecule has 1 saturated heterocycles. The standard InChI is InChI=1S/C21H24N4O/c26-21(25-12-8-14(9-13-25)20-22-10-11-23-20)17-6-3-5-16-15-4-1-2-7-18(15)24-19(16)17/h1-2,4,7,10-11,14,17,24H,3,5-6,8-9,12-13H2,(H,22,23). The highest BCUT2D eigenvalue weighted by Gasteiger charge is 2.34. The molecule has 3 aromatic rings. The van der Waals surface area contributed by atoms with Crippen molar-refractivity contribution < 1.29 is 4.79 Å². The van der Waals surface area contributed by atoms with Crippen molar-refractivity contribution in [3.05, 3.63) is 53.7 Å². The number of carbonyl (C=O) groups is 1. The molecule has 134 valence electrons. The van der Waals surface area contributed by atoms with Crippen LogP contribution in [0.15, 0.2) is 36.7 Å². The number of para-hydroxylation sites is 1. The summed E-state index contributed by atoms with van der Waals surface area (Å²) in [6, 6.07) is 8.43. The Labute approximate surface area is 152 Å².